The number of nitrogens with one attached hydrogen (secondary N) is 1. The van der Waals surface area contributed by atoms with Crippen LogP contribution in [0.25, 0.3) is 11.3 Å². The number of anilines is 1. The van der Waals surface area contributed by atoms with Gasteiger partial charge in [-0.1, -0.05) is 5.16 Å². The third-order valence-corrected chi connectivity index (χ3v) is 6.78. The molecule has 0 unspecified atom stereocenters. The van der Waals surface area contributed by atoms with Gasteiger partial charge in [-0.3, -0.25) is 0 Å². The Bertz CT molecular complexity index is 1130. The van der Waals surface area contributed by atoms with Crippen molar-refractivity contribution >= 4 is 17.6 Å². The summed E-state index contributed by atoms with van der Waals surface area (Å²) < 4.78 is 11.5. The average Bonchev–Trinajstić information content (AvgIpc) is 3.22. The number of carbonyl (C=O) groups is 1. The summed E-state index contributed by atoms with van der Waals surface area (Å²) in [7, 11) is 0. The first kappa shape index (κ1) is 22.4. The normalized spacial score (nSPS) is 26.3. The number of oxime groups is 1. The number of alkyl carbamates (subject to hydrolysis) is 1. The number of nitrogen functional groups attached to an aromatic ring is 1. The van der Waals surface area contributed by atoms with Gasteiger partial charge >= 0.3 is 6.09 Å². The van der Waals surface area contributed by atoms with Crippen LogP contribution in [0.1, 0.15) is 50.7 Å². The number of nitrogens with two attached hydrogens (primary N) is 2. The van der Waals surface area contributed by atoms with E-state index in [0.29, 0.717) is 18.1 Å². The maximum absolute atomic E-state index is 11.3. The Morgan fingerprint density at radius 3 is 2.74 bits per heavy atom. The molecule has 1 aromatic heterocycles. The summed E-state index contributed by atoms with van der Waals surface area (Å²) in [5, 5.41) is 7.13. The van der Waals surface area contributed by atoms with Gasteiger partial charge in [-0.25, -0.2) is 14.8 Å². The van der Waals surface area contributed by atoms with Gasteiger partial charge in [0, 0.05) is 28.1 Å². The van der Waals surface area contributed by atoms with Gasteiger partial charge in [-0.05, 0) is 57.7 Å². The van der Waals surface area contributed by atoms with Gasteiger partial charge in [-0.2, -0.15) is 0 Å². The second-order valence-corrected chi connectivity index (χ2v) is 9.61. The van der Waals surface area contributed by atoms with E-state index < -0.39 is 17.6 Å². The minimum atomic E-state index is -0.630. The van der Waals surface area contributed by atoms with Crippen LogP contribution in [-0.4, -0.2) is 53.2 Å². The van der Waals surface area contributed by atoms with Gasteiger partial charge in [-0.15, -0.1) is 0 Å². The number of hydrogen-bond donors (Lipinski definition) is 3. The number of benzene rings is 1. The molecule has 2 aliphatic carbocycles. The second-order valence-electron chi connectivity index (χ2n) is 9.61. The minimum Gasteiger partial charge on any atom is -0.490 e. The van der Waals surface area contributed by atoms with Crippen molar-refractivity contribution in [2.75, 3.05) is 18.9 Å². The molecular formula is C24H30N6O4. The molecular weight excluding hydrogens is 436 g/mol. The zero-order chi connectivity index (χ0) is 23.9. The van der Waals surface area contributed by atoms with Crippen molar-refractivity contribution in [3.8, 4) is 17.0 Å². The number of fused-ring (bicyclic) bond motifs is 3. The largest absolute Gasteiger partial charge is 0.490 e. The molecule has 10 heteroatoms. The summed E-state index contributed by atoms with van der Waals surface area (Å²) in [4.78, 5) is 25.8. The number of nitrogens with zero attached hydrogens (tertiary/aromatic N) is 3. The van der Waals surface area contributed by atoms with Crippen LogP contribution >= 0.6 is 0 Å². The Balaban J connectivity index is 1.49. The van der Waals surface area contributed by atoms with E-state index in [4.69, 9.17) is 25.8 Å². The van der Waals surface area contributed by atoms with Crippen molar-refractivity contribution in [2.24, 2.45) is 10.9 Å². The summed E-state index contributed by atoms with van der Waals surface area (Å²) in [5.41, 5.74) is 15.7. The number of aromatic nitrogens is 2. The number of ether oxygens (including phenoxy) is 2. The molecule has 1 saturated carbocycles. The van der Waals surface area contributed by atoms with Crippen LogP contribution in [0.2, 0.25) is 0 Å². The van der Waals surface area contributed by atoms with Gasteiger partial charge in [0.2, 0.25) is 0 Å². The van der Waals surface area contributed by atoms with Crippen molar-refractivity contribution < 1.29 is 19.1 Å². The second kappa shape index (κ2) is 8.75. The Labute approximate surface area is 198 Å². The molecule has 3 aliphatic rings. The molecule has 5 rings (SSSR count). The molecule has 1 saturated heterocycles. The summed E-state index contributed by atoms with van der Waals surface area (Å²) in [5.74, 6) is 1.17. The zero-order valence-electron chi connectivity index (χ0n) is 19.4. The summed E-state index contributed by atoms with van der Waals surface area (Å²) in [6.07, 6.45) is 4.58. The van der Waals surface area contributed by atoms with Crippen LogP contribution in [0.15, 0.2) is 29.7 Å². The third-order valence-electron chi connectivity index (χ3n) is 6.78. The first-order valence-electron chi connectivity index (χ1n) is 11.7. The fourth-order valence-electron chi connectivity index (χ4n) is 4.95. The summed E-state index contributed by atoms with van der Waals surface area (Å²) in [6, 6.07) is 6.19. The molecule has 1 aromatic carbocycles. The van der Waals surface area contributed by atoms with E-state index in [-0.39, 0.29) is 18.8 Å². The van der Waals surface area contributed by atoms with E-state index in [0.717, 1.165) is 53.8 Å². The number of amides is 1. The monoisotopic (exact) mass is 466 g/mol. The molecule has 0 bridgehead atoms. The Morgan fingerprint density at radius 2 is 2.00 bits per heavy atom. The van der Waals surface area contributed by atoms with E-state index in [1.807, 2.05) is 32.0 Å². The van der Waals surface area contributed by atoms with E-state index in [9.17, 15) is 4.79 Å². The molecule has 1 amide bonds. The van der Waals surface area contributed by atoms with Gasteiger partial charge in [0.15, 0.2) is 12.7 Å². The first-order valence-corrected chi connectivity index (χ1v) is 11.7. The van der Waals surface area contributed by atoms with E-state index in [2.05, 4.69) is 20.4 Å². The van der Waals surface area contributed by atoms with E-state index in [1.165, 1.54) is 6.33 Å². The van der Waals surface area contributed by atoms with Gasteiger partial charge < -0.3 is 31.1 Å². The fraction of sp³-hybridized carbons (Fsp3) is 0.500. The van der Waals surface area contributed by atoms with Crippen molar-refractivity contribution in [3.63, 3.8) is 0 Å². The molecule has 10 nitrogen and oxygen atoms in total. The van der Waals surface area contributed by atoms with Crippen LogP contribution in [-0.2, 0) is 15.0 Å². The lowest BCUT2D eigenvalue weighted by Crippen LogP contribution is -2.36. The topological polar surface area (TPSA) is 147 Å². The maximum Gasteiger partial charge on any atom is 0.407 e. The van der Waals surface area contributed by atoms with Crippen molar-refractivity contribution in [3.05, 3.63) is 35.7 Å². The highest BCUT2D eigenvalue weighted by Gasteiger charge is 2.41. The van der Waals surface area contributed by atoms with Gasteiger partial charge in [0.25, 0.3) is 0 Å². The molecule has 1 aliphatic heterocycles. The lowest BCUT2D eigenvalue weighted by molar-refractivity contribution is 0.0487. The van der Waals surface area contributed by atoms with Crippen molar-refractivity contribution in [1.29, 1.82) is 0 Å². The number of hydrogen-bond acceptors (Lipinski definition) is 9. The van der Waals surface area contributed by atoms with Crippen molar-refractivity contribution in [2.45, 2.75) is 63.2 Å². The van der Waals surface area contributed by atoms with E-state index in [1.54, 1.807) is 0 Å². The Morgan fingerprint density at radius 1 is 1.21 bits per heavy atom. The molecule has 0 spiro atoms. The first-order chi connectivity index (χ1) is 16.3. The lowest BCUT2D eigenvalue weighted by atomic mass is 9.70. The summed E-state index contributed by atoms with van der Waals surface area (Å²) >= 11 is 0. The minimum absolute atomic E-state index is 0.139. The molecule has 2 aromatic rings. The molecule has 0 radical (unpaired) electrons. The molecule has 34 heavy (non-hydrogen) atoms. The predicted octanol–water partition coefficient (Wildman–Crippen LogP) is 2.49. The SMILES string of the molecule is CC1(C)/C(=N/OC[C@H]2CNC(=O)O2)c2cc(O[C@H]3CC[C@H](N)CC3)ccc2-c2ncnc(N)c21. The van der Waals surface area contributed by atoms with Gasteiger partial charge in [0.1, 0.15) is 17.9 Å². The Hall–Kier alpha value is -3.40. The summed E-state index contributed by atoms with van der Waals surface area (Å²) in [6.45, 7) is 4.56. The maximum atomic E-state index is 11.3. The van der Waals surface area contributed by atoms with E-state index >= 15 is 0 Å². The van der Waals surface area contributed by atoms with Crippen molar-refractivity contribution in [1.82, 2.24) is 15.3 Å². The fourth-order valence-corrected chi connectivity index (χ4v) is 4.95. The number of rotatable bonds is 5. The highest BCUT2D eigenvalue weighted by atomic mass is 16.7. The van der Waals surface area contributed by atoms with Crippen LogP contribution in [0.5, 0.6) is 5.75 Å². The Kier molecular flexibility index (Phi) is 5.76. The molecule has 1 atom stereocenters. The lowest BCUT2D eigenvalue weighted by Gasteiger charge is -2.35. The average molecular weight is 467 g/mol. The predicted molar refractivity (Wildman–Crippen MR) is 127 cm³/mol. The molecule has 5 N–H and O–H groups in total. The standard InChI is InChI=1S/C24H30N6O4/c1-24(2)19-20(28-12-29-22(19)26)17-8-7-15(33-14-5-3-13(25)4-6-14)9-18(17)21(24)30-32-11-16-10-27-23(31)34-16/h7-9,12-14,16H,3-6,10-11,25H2,1-2H3,(H,27,31)(H2,26,28,29)/b30-21+/t13-,14-,16-/m1/s1. The highest BCUT2D eigenvalue weighted by molar-refractivity contribution is 6.15. The smallest absolute Gasteiger partial charge is 0.407 e. The van der Waals surface area contributed by atoms with Crippen LogP contribution in [0.3, 0.4) is 0 Å². The number of cyclic esters (lactones) is 1. The highest BCUT2D eigenvalue weighted by Crippen LogP contribution is 2.45. The zero-order valence-corrected chi connectivity index (χ0v) is 19.4. The molecule has 2 fully saturated rings. The van der Waals surface area contributed by atoms with Crippen LogP contribution < -0.4 is 21.5 Å². The third kappa shape index (κ3) is 4.13. The van der Waals surface area contributed by atoms with Crippen LogP contribution in [0.4, 0.5) is 10.6 Å². The van der Waals surface area contributed by atoms with Gasteiger partial charge in [0.05, 0.1) is 24.1 Å². The quantitative estimate of drug-likeness (QED) is 0.570. The van der Waals surface area contributed by atoms with Crippen LogP contribution in [0, 0.1) is 0 Å². The molecule has 2 heterocycles. The molecule has 180 valence electrons. The number of carbonyl (C=O) groups excluding carboxylic acids is 1.